The summed E-state index contributed by atoms with van der Waals surface area (Å²) in [6, 6.07) is 13.3. The van der Waals surface area contributed by atoms with Crippen molar-refractivity contribution in [2.45, 2.75) is 26.2 Å². The second kappa shape index (κ2) is 7.49. The predicted octanol–water partition coefficient (Wildman–Crippen LogP) is 3.60. The summed E-state index contributed by atoms with van der Waals surface area (Å²) in [5.74, 6) is 2.14. The van der Waals surface area contributed by atoms with Crippen molar-refractivity contribution in [3.63, 3.8) is 0 Å². The fourth-order valence-corrected chi connectivity index (χ4v) is 2.78. The molecule has 1 aromatic heterocycles. The highest BCUT2D eigenvalue weighted by molar-refractivity contribution is 5.91. The van der Waals surface area contributed by atoms with Crippen molar-refractivity contribution >= 4 is 11.6 Å². The van der Waals surface area contributed by atoms with Crippen LogP contribution in [0.1, 0.15) is 24.8 Å². The van der Waals surface area contributed by atoms with Crippen LogP contribution in [0.5, 0.6) is 11.5 Å². The third-order valence-corrected chi connectivity index (χ3v) is 4.31. The Hall–Kier alpha value is -3.35. The van der Waals surface area contributed by atoms with Crippen LogP contribution in [-0.2, 0) is 17.6 Å². The van der Waals surface area contributed by atoms with E-state index in [0.29, 0.717) is 35.3 Å². The predicted molar refractivity (Wildman–Crippen MR) is 98.6 cm³/mol. The number of amides is 1. The summed E-state index contributed by atoms with van der Waals surface area (Å²) >= 11 is 0. The maximum absolute atomic E-state index is 12.2. The number of nitrogens with zero attached hydrogens (tertiary/aromatic N) is 2. The van der Waals surface area contributed by atoms with Gasteiger partial charge in [-0.25, -0.2) is 0 Å². The van der Waals surface area contributed by atoms with Crippen molar-refractivity contribution < 1.29 is 18.8 Å². The van der Waals surface area contributed by atoms with Gasteiger partial charge >= 0.3 is 0 Å². The Morgan fingerprint density at radius 1 is 1.11 bits per heavy atom. The van der Waals surface area contributed by atoms with E-state index in [2.05, 4.69) is 22.4 Å². The van der Waals surface area contributed by atoms with E-state index in [-0.39, 0.29) is 19.1 Å². The lowest BCUT2D eigenvalue weighted by molar-refractivity contribution is -0.116. The molecule has 1 amide bonds. The van der Waals surface area contributed by atoms with E-state index in [0.717, 1.165) is 12.0 Å². The van der Waals surface area contributed by atoms with Crippen LogP contribution < -0.4 is 14.8 Å². The highest BCUT2D eigenvalue weighted by Gasteiger charge is 2.15. The number of rotatable bonds is 6. The molecule has 1 aliphatic rings. The molecular formula is C20H19N3O4. The van der Waals surface area contributed by atoms with Crippen molar-refractivity contribution in [1.82, 2.24) is 10.1 Å². The third kappa shape index (κ3) is 3.92. The average Bonchev–Trinajstić information content (AvgIpc) is 3.35. The molecule has 7 heteroatoms. The summed E-state index contributed by atoms with van der Waals surface area (Å²) in [6.07, 6.45) is 1.59. The van der Waals surface area contributed by atoms with E-state index in [9.17, 15) is 4.79 Å². The summed E-state index contributed by atoms with van der Waals surface area (Å²) in [4.78, 5) is 16.5. The Balaban J connectivity index is 1.33. The van der Waals surface area contributed by atoms with Crippen LogP contribution in [0.15, 0.2) is 47.0 Å². The van der Waals surface area contributed by atoms with Gasteiger partial charge in [0.05, 0.1) is 0 Å². The molecule has 1 aliphatic heterocycles. The lowest BCUT2D eigenvalue weighted by Gasteiger charge is -2.05. The van der Waals surface area contributed by atoms with Crippen LogP contribution in [0, 0.1) is 0 Å². The first kappa shape index (κ1) is 17.1. The van der Waals surface area contributed by atoms with Crippen molar-refractivity contribution in [2.75, 3.05) is 12.1 Å². The van der Waals surface area contributed by atoms with Crippen molar-refractivity contribution in [3.05, 3.63) is 53.9 Å². The molecule has 2 aromatic carbocycles. The van der Waals surface area contributed by atoms with Crippen molar-refractivity contribution in [2.24, 2.45) is 0 Å². The standard InChI is InChI=1S/C20H19N3O4/c1-2-13-3-5-14(6-4-13)20-22-19(27-23-20)10-9-18(24)21-15-7-8-16-17(11-15)26-12-25-16/h3-8,11H,2,9-10,12H2,1H3,(H,21,24). The fraction of sp³-hybridized carbons (Fsp3) is 0.250. The van der Waals surface area contributed by atoms with Crippen LogP contribution in [0.2, 0.25) is 0 Å². The van der Waals surface area contributed by atoms with Crippen LogP contribution >= 0.6 is 0 Å². The molecule has 1 N–H and O–H groups in total. The van der Waals surface area contributed by atoms with E-state index in [1.807, 2.05) is 24.3 Å². The van der Waals surface area contributed by atoms with E-state index in [1.165, 1.54) is 5.56 Å². The topological polar surface area (TPSA) is 86.5 Å². The van der Waals surface area contributed by atoms with Gasteiger partial charge in [0.25, 0.3) is 0 Å². The Bertz CT molecular complexity index is 950. The van der Waals surface area contributed by atoms with Gasteiger partial charge in [-0.15, -0.1) is 0 Å². The number of hydrogen-bond acceptors (Lipinski definition) is 6. The van der Waals surface area contributed by atoms with E-state index >= 15 is 0 Å². The lowest BCUT2D eigenvalue weighted by Crippen LogP contribution is -2.12. The van der Waals surface area contributed by atoms with Crippen LogP contribution in [0.4, 0.5) is 5.69 Å². The monoisotopic (exact) mass is 365 g/mol. The molecule has 138 valence electrons. The SMILES string of the molecule is CCc1ccc(-c2noc(CCC(=O)Nc3ccc4c(c3)OCO4)n2)cc1. The molecule has 0 radical (unpaired) electrons. The first-order chi connectivity index (χ1) is 13.2. The van der Waals surface area contributed by atoms with Gasteiger partial charge in [-0.05, 0) is 24.1 Å². The first-order valence-electron chi connectivity index (χ1n) is 8.82. The number of aromatic nitrogens is 2. The number of aryl methyl sites for hydroxylation is 2. The third-order valence-electron chi connectivity index (χ3n) is 4.31. The van der Waals surface area contributed by atoms with Gasteiger partial charge in [0.2, 0.25) is 24.4 Å². The second-order valence-electron chi connectivity index (χ2n) is 6.18. The summed E-state index contributed by atoms with van der Waals surface area (Å²) in [5.41, 5.74) is 2.81. The minimum Gasteiger partial charge on any atom is -0.454 e. The molecule has 0 bridgehead atoms. The number of carbonyl (C=O) groups is 1. The molecule has 7 nitrogen and oxygen atoms in total. The minimum absolute atomic E-state index is 0.138. The smallest absolute Gasteiger partial charge is 0.231 e. The van der Waals surface area contributed by atoms with Gasteiger partial charge in [-0.1, -0.05) is 36.3 Å². The largest absolute Gasteiger partial charge is 0.454 e. The zero-order valence-electron chi connectivity index (χ0n) is 14.9. The van der Waals surface area contributed by atoms with Crippen molar-refractivity contribution in [3.8, 4) is 22.9 Å². The first-order valence-corrected chi connectivity index (χ1v) is 8.82. The molecule has 0 saturated heterocycles. The van der Waals surface area contributed by atoms with Gasteiger partial charge in [0, 0.05) is 30.2 Å². The molecule has 0 unspecified atom stereocenters. The Morgan fingerprint density at radius 3 is 2.74 bits per heavy atom. The summed E-state index contributed by atoms with van der Waals surface area (Å²) in [6.45, 7) is 2.31. The summed E-state index contributed by atoms with van der Waals surface area (Å²) < 4.78 is 15.8. The summed E-state index contributed by atoms with van der Waals surface area (Å²) in [5, 5.41) is 6.82. The highest BCUT2D eigenvalue weighted by atomic mass is 16.7. The van der Waals surface area contributed by atoms with Crippen LogP contribution in [0.3, 0.4) is 0 Å². The zero-order valence-corrected chi connectivity index (χ0v) is 14.9. The Labute approximate surface area is 156 Å². The zero-order chi connectivity index (χ0) is 18.6. The van der Waals surface area contributed by atoms with Crippen molar-refractivity contribution in [1.29, 1.82) is 0 Å². The molecule has 0 aliphatic carbocycles. The number of ether oxygens (including phenoxy) is 2. The number of benzene rings is 2. The van der Waals surface area contributed by atoms with E-state index in [4.69, 9.17) is 14.0 Å². The number of hydrogen-bond donors (Lipinski definition) is 1. The number of fused-ring (bicyclic) bond motifs is 1. The molecule has 0 atom stereocenters. The maximum atomic E-state index is 12.2. The maximum Gasteiger partial charge on any atom is 0.231 e. The normalized spacial score (nSPS) is 12.2. The molecule has 0 fully saturated rings. The lowest BCUT2D eigenvalue weighted by atomic mass is 10.1. The van der Waals surface area contributed by atoms with Gasteiger partial charge in [-0.2, -0.15) is 4.98 Å². The molecule has 3 aromatic rings. The minimum atomic E-state index is -0.138. The van der Waals surface area contributed by atoms with Gasteiger partial charge in [-0.3, -0.25) is 4.79 Å². The molecule has 4 rings (SSSR count). The summed E-state index contributed by atoms with van der Waals surface area (Å²) in [7, 11) is 0. The molecule has 27 heavy (non-hydrogen) atoms. The van der Waals surface area contributed by atoms with E-state index in [1.54, 1.807) is 18.2 Å². The average molecular weight is 365 g/mol. The highest BCUT2D eigenvalue weighted by Crippen LogP contribution is 2.34. The number of anilines is 1. The Kier molecular flexibility index (Phi) is 4.74. The van der Waals surface area contributed by atoms with Gasteiger partial charge < -0.3 is 19.3 Å². The number of nitrogens with one attached hydrogen (secondary N) is 1. The molecule has 0 spiro atoms. The van der Waals surface area contributed by atoms with Crippen LogP contribution in [-0.4, -0.2) is 22.8 Å². The number of carbonyl (C=O) groups excluding carboxylic acids is 1. The van der Waals surface area contributed by atoms with Crippen LogP contribution in [0.25, 0.3) is 11.4 Å². The molecule has 0 saturated carbocycles. The second-order valence-corrected chi connectivity index (χ2v) is 6.18. The van der Waals surface area contributed by atoms with Gasteiger partial charge in [0.15, 0.2) is 11.5 Å². The van der Waals surface area contributed by atoms with Gasteiger partial charge in [0.1, 0.15) is 0 Å². The Morgan fingerprint density at radius 2 is 1.93 bits per heavy atom. The fourth-order valence-electron chi connectivity index (χ4n) is 2.78. The quantitative estimate of drug-likeness (QED) is 0.718. The molecule has 2 heterocycles. The van der Waals surface area contributed by atoms with E-state index < -0.39 is 0 Å². The molecular weight excluding hydrogens is 346 g/mol.